The maximum atomic E-state index is 12.1. The van der Waals surface area contributed by atoms with E-state index in [1.165, 1.54) is 6.92 Å². The molecule has 0 aliphatic heterocycles. The zero-order valence-electron chi connectivity index (χ0n) is 6.20. The Morgan fingerprint density at radius 3 is 2.00 bits per heavy atom. The summed E-state index contributed by atoms with van der Waals surface area (Å²) >= 11 is 0.824. The van der Waals surface area contributed by atoms with Crippen LogP contribution in [0.2, 0.25) is 0 Å². The van der Waals surface area contributed by atoms with Gasteiger partial charge in [-0.3, -0.25) is 0 Å². The lowest BCUT2D eigenvalue weighted by molar-refractivity contribution is 0.502. The lowest BCUT2D eigenvalue weighted by atomic mass is 9.86. The van der Waals surface area contributed by atoms with Crippen LogP contribution in [0.1, 0.15) is 10.4 Å². The molecule has 0 nitrogen and oxygen atoms in total. The minimum atomic E-state index is -4.79. The highest BCUT2D eigenvalue weighted by molar-refractivity contribution is 7.24. The molecule has 0 bridgehead atoms. The van der Waals surface area contributed by atoms with E-state index in [0.29, 0.717) is 5.56 Å². The van der Waals surface area contributed by atoms with Crippen molar-refractivity contribution < 1.29 is 12.9 Å². The van der Waals surface area contributed by atoms with Crippen molar-refractivity contribution in [2.45, 2.75) is 13.8 Å². The second-order valence-corrected chi connectivity index (χ2v) is 3.77. The van der Waals surface area contributed by atoms with Crippen molar-refractivity contribution in [3.63, 3.8) is 0 Å². The first-order chi connectivity index (χ1) is 4.91. The van der Waals surface area contributed by atoms with Gasteiger partial charge in [0.15, 0.2) is 0 Å². The molecule has 0 N–H and O–H groups in total. The maximum absolute atomic E-state index is 12.1. The molecule has 0 saturated heterocycles. The van der Waals surface area contributed by atoms with Crippen LogP contribution in [0, 0.1) is 13.8 Å². The van der Waals surface area contributed by atoms with Gasteiger partial charge in [-0.2, -0.15) is 11.3 Å². The van der Waals surface area contributed by atoms with Crippen LogP contribution in [0.15, 0.2) is 6.07 Å². The Labute approximate surface area is 67.1 Å². The summed E-state index contributed by atoms with van der Waals surface area (Å²) in [7, 11) is 0. The summed E-state index contributed by atoms with van der Waals surface area (Å²) in [4.78, 5) is 0.719. The summed E-state index contributed by atoms with van der Waals surface area (Å²) < 4.78 is 36.0. The fourth-order valence-electron chi connectivity index (χ4n) is 0.984. The predicted octanol–water partition coefficient (Wildman–Crippen LogP) is 2.42. The zero-order chi connectivity index (χ0) is 8.65. The smallest absolute Gasteiger partial charge is 0.444 e. The van der Waals surface area contributed by atoms with Crippen molar-refractivity contribution in [2.24, 2.45) is 0 Å². The second-order valence-electron chi connectivity index (χ2n) is 2.48. The van der Waals surface area contributed by atoms with Gasteiger partial charge in [-0.1, -0.05) is 10.3 Å². The van der Waals surface area contributed by atoms with Crippen LogP contribution in [-0.4, -0.2) is 6.98 Å². The van der Waals surface area contributed by atoms with Gasteiger partial charge < -0.3 is 12.9 Å². The number of hydrogen-bond acceptors (Lipinski definition) is 1. The molecule has 5 heteroatoms. The highest BCUT2D eigenvalue weighted by atomic mass is 32.1. The molecule has 0 atom stereocenters. The van der Waals surface area contributed by atoms with E-state index in [1.807, 2.05) is 0 Å². The molecule has 0 spiro atoms. The molecule has 62 valence electrons. The molecule has 1 aromatic rings. The molecule has 1 aromatic heterocycles. The van der Waals surface area contributed by atoms with Crippen molar-refractivity contribution in [1.82, 2.24) is 0 Å². The highest BCUT2D eigenvalue weighted by Crippen LogP contribution is 2.19. The third-order valence-corrected chi connectivity index (χ3v) is 2.63. The molecule has 0 fully saturated rings. The van der Waals surface area contributed by atoms with Crippen LogP contribution in [0.5, 0.6) is 0 Å². The summed E-state index contributed by atoms with van der Waals surface area (Å²) in [5, 5.41) is 0. The van der Waals surface area contributed by atoms with Gasteiger partial charge in [0.05, 0.1) is 0 Å². The lowest BCUT2D eigenvalue weighted by Gasteiger charge is -2.12. The summed E-state index contributed by atoms with van der Waals surface area (Å²) in [6.45, 7) is -1.61. The average molecular weight is 179 g/mol. The van der Waals surface area contributed by atoms with E-state index in [2.05, 4.69) is 0 Å². The van der Waals surface area contributed by atoms with Gasteiger partial charge in [0.2, 0.25) is 0 Å². The standard InChI is InChI=1S/C6H7BF3S/c1-4-3-5(2)11-6(4)7(8,9)10/h3H,1-2H3/q-1. The third-order valence-electron chi connectivity index (χ3n) is 1.38. The first-order valence-electron chi connectivity index (χ1n) is 3.18. The molecule has 1 rings (SSSR count). The minimum Gasteiger partial charge on any atom is -0.444 e. The molecule has 0 radical (unpaired) electrons. The van der Waals surface area contributed by atoms with Gasteiger partial charge in [-0.05, 0) is 24.8 Å². The SMILES string of the molecule is Cc1cc(C)c([B-](F)(F)F)s1. The van der Waals surface area contributed by atoms with E-state index >= 15 is 0 Å². The Kier molecular flexibility index (Phi) is 2.01. The summed E-state index contributed by atoms with van der Waals surface area (Å²) in [5.74, 6) is 0. The van der Waals surface area contributed by atoms with Gasteiger partial charge in [0.1, 0.15) is 0 Å². The van der Waals surface area contributed by atoms with E-state index in [1.54, 1.807) is 13.0 Å². The second kappa shape index (κ2) is 2.55. The van der Waals surface area contributed by atoms with E-state index < -0.39 is 11.8 Å². The lowest BCUT2D eigenvalue weighted by Crippen LogP contribution is -2.32. The van der Waals surface area contributed by atoms with Crippen LogP contribution < -0.4 is 4.78 Å². The Morgan fingerprint density at radius 2 is 1.82 bits per heavy atom. The van der Waals surface area contributed by atoms with E-state index in [9.17, 15) is 12.9 Å². The molecular formula is C6H7BF3S-. The quantitative estimate of drug-likeness (QED) is 0.580. The van der Waals surface area contributed by atoms with Gasteiger partial charge >= 0.3 is 6.98 Å². The highest BCUT2D eigenvalue weighted by Gasteiger charge is 2.29. The van der Waals surface area contributed by atoms with E-state index in [4.69, 9.17) is 0 Å². The Morgan fingerprint density at radius 1 is 1.27 bits per heavy atom. The first-order valence-corrected chi connectivity index (χ1v) is 4.00. The van der Waals surface area contributed by atoms with Gasteiger partial charge in [0.25, 0.3) is 0 Å². The van der Waals surface area contributed by atoms with Crippen LogP contribution in [0.4, 0.5) is 12.9 Å². The Bertz CT molecular complexity index is 263. The predicted molar refractivity (Wildman–Crippen MR) is 42.5 cm³/mol. The molecule has 0 unspecified atom stereocenters. The minimum absolute atomic E-state index is 0.347. The van der Waals surface area contributed by atoms with Gasteiger partial charge in [-0.15, -0.1) is 0 Å². The fourth-order valence-corrected chi connectivity index (χ4v) is 1.92. The molecule has 0 aliphatic rings. The molecule has 0 amide bonds. The molecule has 0 saturated carbocycles. The van der Waals surface area contributed by atoms with Crippen LogP contribution in [0.25, 0.3) is 0 Å². The van der Waals surface area contributed by atoms with E-state index in [0.717, 1.165) is 16.2 Å². The molecule has 11 heavy (non-hydrogen) atoms. The van der Waals surface area contributed by atoms with Gasteiger partial charge in [0, 0.05) is 0 Å². The number of hydrogen-bond donors (Lipinski definition) is 0. The maximum Gasteiger partial charge on any atom is 0.519 e. The van der Waals surface area contributed by atoms with Crippen LogP contribution in [-0.2, 0) is 0 Å². The number of thiophene rings is 1. The zero-order valence-corrected chi connectivity index (χ0v) is 7.01. The number of halogens is 3. The van der Waals surface area contributed by atoms with E-state index in [-0.39, 0.29) is 0 Å². The average Bonchev–Trinajstić information content (AvgIpc) is 2.08. The van der Waals surface area contributed by atoms with Crippen LogP contribution in [0.3, 0.4) is 0 Å². The molecule has 0 aromatic carbocycles. The van der Waals surface area contributed by atoms with Gasteiger partial charge in [-0.25, -0.2) is 0 Å². The normalized spacial score (nSPS) is 12.1. The fraction of sp³-hybridized carbons (Fsp3) is 0.333. The Hall–Kier alpha value is -0.445. The molecule has 1 heterocycles. The van der Waals surface area contributed by atoms with Crippen LogP contribution >= 0.6 is 11.3 Å². The number of aryl methyl sites for hydroxylation is 2. The summed E-state index contributed by atoms with van der Waals surface area (Å²) in [5.41, 5.74) is 0.347. The van der Waals surface area contributed by atoms with Crippen molar-refractivity contribution in [2.75, 3.05) is 0 Å². The summed E-state index contributed by atoms with van der Waals surface area (Å²) in [6, 6.07) is 1.56. The van der Waals surface area contributed by atoms with Crippen molar-refractivity contribution >= 4 is 23.1 Å². The first kappa shape index (κ1) is 8.65. The Balaban J connectivity index is 3.13. The molecular weight excluding hydrogens is 172 g/mol. The number of rotatable bonds is 1. The largest absolute Gasteiger partial charge is 0.519 e. The topological polar surface area (TPSA) is 0 Å². The molecule has 0 aliphatic carbocycles. The third kappa shape index (κ3) is 1.77. The van der Waals surface area contributed by atoms with Crippen molar-refractivity contribution in [3.8, 4) is 0 Å². The summed E-state index contributed by atoms with van der Waals surface area (Å²) in [6.07, 6.45) is 0. The monoisotopic (exact) mass is 179 g/mol. The van der Waals surface area contributed by atoms with Crippen molar-refractivity contribution in [3.05, 3.63) is 16.5 Å². The van der Waals surface area contributed by atoms with Crippen molar-refractivity contribution in [1.29, 1.82) is 0 Å².